The molecule has 1 heteroatoms. The van der Waals surface area contributed by atoms with Gasteiger partial charge in [0, 0.05) is 11.9 Å². The average Bonchev–Trinajstić information content (AvgIpc) is 3.32. The maximum Gasteiger partial charge on any atom is 0.0377 e. The van der Waals surface area contributed by atoms with Crippen molar-refractivity contribution >= 4 is 6.08 Å². The van der Waals surface area contributed by atoms with Crippen molar-refractivity contribution in [1.82, 2.24) is 4.98 Å². The number of H-pyrrole nitrogens is 1. The lowest BCUT2D eigenvalue weighted by atomic mass is 10.0. The fraction of sp³-hybridized carbons (Fsp3) is 0.806. The molecular weight excluding hydrogens is 386 g/mol. The van der Waals surface area contributed by atoms with Crippen LogP contribution in [0.1, 0.15) is 167 Å². The van der Waals surface area contributed by atoms with Gasteiger partial charge in [0.25, 0.3) is 0 Å². The van der Waals surface area contributed by atoms with E-state index in [1.54, 1.807) is 0 Å². The highest BCUT2D eigenvalue weighted by molar-refractivity contribution is 5.43. The molecule has 0 saturated carbocycles. The van der Waals surface area contributed by atoms with Gasteiger partial charge in [-0.15, -0.1) is 0 Å². The maximum absolute atomic E-state index is 3.22. The van der Waals surface area contributed by atoms with Crippen LogP contribution in [0.2, 0.25) is 0 Å². The number of unbranched alkanes of at least 4 members (excludes halogenated alkanes) is 23. The molecule has 1 N–H and O–H groups in total. The zero-order chi connectivity index (χ0) is 22.8. The van der Waals surface area contributed by atoms with Crippen LogP contribution in [0.3, 0.4) is 0 Å². The summed E-state index contributed by atoms with van der Waals surface area (Å²) in [6.07, 6.45) is 41.2. The molecule has 0 radical (unpaired) electrons. The topological polar surface area (TPSA) is 15.8 Å². The Bertz CT molecular complexity index is 473. The molecule has 1 aromatic heterocycles. The van der Waals surface area contributed by atoms with Gasteiger partial charge in [-0.1, -0.05) is 154 Å². The summed E-state index contributed by atoms with van der Waals surface area (Å²) in [5, 5.41) is 0. The average molecular weight is 444 g/mol. The summed E-state index contributed by atoms with van der Waals surface area (Å²) >= 11 is 0. The second-order valence-corrected chi connectivity index (χ2v) is 10.1. The van der Waals surface area contributed by atoms with Crippen molar-refractivity contribution in [3.05, 3.63) is 30.1 Å². The third-order valence-electron chi connectivity index (χ3n) is 6.89. The van der Waals surface area contributed by atoms with Gasteiger partial charge in [-0.3, -0.25) is 0 Å². The van der Waals surface area contributed by atoms with Crippen LogP contribution in [0.5, 0.6) is 0 Å². The highest BCUT2D eigenvalue weighted by Crippen LogP contribution is 2.15. The van der Waals surface area contributed by atoms with Crippen molar-refractivity contribution in [2.75, 3.05) is 0 Å². The smallest absolute Gasteiger partial charge is 0.0377 e. The number of rotatable bonds is 25. The van der Waals surface area contributed by atoms with Crippen LogP contribution in [-0.2, 0) is 0 Å². The van der Waals surface area contributed by atoms with Crippen molar-refractivity contribution in [1.29, 1.82) is 0 Å². The third-order valence-corrected chi connectivity index (χ3v) is 6.89. The van der Waals surface area contributed by atoms with Crippen molar-refractivity contribution in [3.63, 3.8) is 0 Å². The van der Waals surface area contributed by atoms with E-state index in [0.717, 1.165) is 0 Å². The molecule has 186 valence electrons. The first-order valence-electron chi connectivity index (χ1n) is 14.7. The molecule has 0 saturated heterocycles. The minimum absolute atomic E-state index is 1.22. The SMILES string of the molecule is CCCCCCCCCCCCCCCCCCCCCCCCC/C=C/c1ccc[nH]1. The Morgan fingerprint density at radius 3 is 1.25 bits per heavy atom. The second kappa shape index (κ2) is 24.7. The molecule has 0 amide bonds. The van der Waals surface area contributed by atoms with Crippen molar-refractivity contribution in [3.8, 4) is 0 Å². The Hall–Kier alpha value is -0.980. The Kier molecular flexibility index (Phi) is 22.4. The normalized spacial score (nSPS) is 11.7. The van der Waals surface area contributed by atoms with Gasteiger partial charge < -0.3 is 4.98 Å². The molecule has 1 nitrogen and oxygen atoms in total. The standard InChI is InChI=1S/C31H57N/c1-2-3-4-5-6-7-8-9-10-11-12-13-14-15-16-17-18-19-20-21-22-23-24-25-26-28-31-29-27-30-32-31/h26-30,32H,2-25H2,1H3/b28-26+. The Balaban J connectivity index is 1.64. The summed E-state index contributed by atoms with van der Waals surface area (Å²) < 4.78 is 0. The van der Waals surface area contributed by atoms with Crippen LogP contribution < -0.4 is 0 Å². The van der Waals surface area contributed by atoms with E-state index in [2.05, 4.69) is 36.2 Å². The van der Waals surface area contributed by atoms with Gasteiger partial charge in [0.05, 0.1) is 0 Å². The van der Waals surface area contributed by atoms with E-state index >= 15 is 0 Å². The van der Waals surface area contributed by atoms with Crippen LogP contribution in [0.15, 0.2) is 24.4 Å². The van der Waals surface area contributed by atoms with Gasteiger partial charge in [-0.05, 0) is 31.1 Å². The first-order chi connectivity index (χ1) is 15.9. The first-order valence-corrected chi connectivity index (χ1v) is 14.7. The predicted octanol–water partition coefficient (Wildman–Crippen LogP) is 11.4. The molecule has 0 spiro atoms. The quantitative estimate of drug-likeness (QED) is 0.145. The minimum atomic E-state index is 1.22. The lowest BCUT2D eigenvalue weighted by Gasteiger charge is -2.04. The molecule has 0 aliphatic heterocycles. The Morgan fingerprint density at radius 1 is 0.531 bits per heavy atom. The molecular formula is C31H57N. The largest absolute Gasteiger partial charge is 0.362 e. The lowest BCUT2D eigenvalue weighted by molar-refractivity contribution is 0.518. The van der Waals surface area contributed by atoms with E-state index in [-0.39, 0.29) is 0 Å². The third kappa shape index (κ3) is 20.9. The maximum atomic E-state index is 3.22. The molecule has 1 heterocycles. The second-order valence-electron chi connectivity index (χ2n) is 10.1. The Labute approximate surface area is 202 Å². The van der Waals surface area contributed by atoms with Gasteiger partial charge in [0.15, 0.2) is 0 Å². The summed E-state index contributed by atoms with van der Waals surface area (Å²) in [4.78, 5) is 3.22. The van der Waals surface area contributed by atoms with E-state index in [0.29, 0.717) is 0 Å². The van der Waals surface area contributed by atoms with Crippen molar-refractivity contribution < 1.29 is 0 Å². The van der Waals surface area contributed by atoms with Crippen LogP contribution in [0.25, 0.3) is 6.08 Å². The molecule has 0 bridgehead atoms. The summed E-state index contributed by atoms with van der Waals surface area (Å²) in [5.74, 6) is 0. The highest BCUT2D eigenvalue weighted by Gasteiger charge is 1.96. The zero-order valence-corrected chi connectivity index (χ0v) is 21.9. The monoisotopic (exact) mass is 443 g/mol. The van der Waals surface area contributed by atoms with Crippen LogP contribution in [-0.4, -0.2) is 4.98 Å². The molecule has 1 aromatic rings. The van der Waals surface area contributed by atoms with Crippen molar-refractivity contribution in [2.45, 2.75) is 161 Å². The van der Waals surface area contributed by atoms with Gasteiger partial charge >= 0.3 is 0 Å². The highest BCUT2D eigenvalue weighted by atomic mass is 14.7. The summed E-state index contributed by atoms with van der Waals surface area (Å²) in [7, 11) is 0. The zero-order valence-electron chi connectivity index (χ0n) is 21.9. The van der Waals surface area contributed by atoms with E-state index in [1.807, 2.05) is 6.20 Å². The molecule has 0 unspecified atom stereocenters. The number of aromatic nitrogens is 1. The van der Waals surface area contributed by atoms with Crippen LogP contribution >= 0.6 is 0 Å². The number of nitrogens with one attached hydrogen (secondary N) is 1. The summed E-state index contributed by atoms with van der Waals surface area (Å²) in [6, 6.07) is 4.18. The summed E-state index contributed by atoms with van der Waals surface area (Å²) in [5.41, 5.74) is 1.22. The van der Waals surface area contributed by atoms with E-state index in [1.165, 1.54) is 160 Å². The Morgan fingerprint density at radius 2 is 0.906 bits per heavy atom. The van der Waals surface area contributed by atoms with E-state index < -0.39 is 0 Å². The van der Waals surface area contributed by atoms with E-state index in [4.69, 9.17) is 0 Å². The van der Waals surface area contributed by atoms with Gasteiger partial charge in [0.2, 0.25) is 0 Å². The van der Waals surface area contributed by atoms with Crippen molar-refractivity contribution in [2.24, 2.45) is 0 Å². The van der Waals surface area contributed by atoms with Gasteiger partial charge in [0.1, 0.15) is 0 Å². The van der Waals surface area contributed by atoms with Crippen LogP contribution in [0, 0.1) is 0 Å². The van der Waals surface area contributed by atoms with Gasteiger partial charge in [-0.25, -0.2) is 0 Å². The van der Waals surface area contributed by atoms with E-state index in [9.17, 15) is 0 Å². The fourth-order valence-corrected chi connectivity index (χ4v) is 4.71. The minimum Gasteiger partial charge on any atom is -0.362 e. The summed E-state index contributed by atoms with van der Waals surface area (Å²) in [6.45, 7) is 2.30. The lowest BCUT2D eigenvalue weighted by Crippen LogP contribution is -1.84. The van der Waals surface area contributed by atoms with Gasteiger partial charge in [-0.2, -0.15) is 0 Å². The molecule has 0 aliphatic carbocycles. The first kappa shape index (κ1) is 29.1. The predicted molar refractivity (Wildman–Crippen MR) is 146 cm³/mol. The molecule has 0 aromatic carbocycles. The molecule has 0 aliphatic rings. The molecule has 32 heavy (non-hydrogen) atoms. The number of hydrogen-bond acceptors (Lipinski definition) is 0. The number of hydrogen-bond donors (Lipinski definition) is 1. The molecule has 1 rings (SSSR count). The molecule has 0 fully saturated rings. The fourth-order valence-electron chi connectivity index (χ4n) is 4.71. The molecule has 0 atom stereocenters. The number of allylic oxidation sites excluding steroid dienone is 1. The number of aromatic amines is 1. The van der Waals surface area contributed by atoms with Crippen LogP contribution in [0.4, 0.5) is 0 Å².